The number of aryl methyl sites for hydroxylation is 1. The molecule has 1 fully saturated rings. The molecular weight excluding hydrogens is 216 g/mol. The smallest absolute Gasteiger partial charge is 0.247 e. The molecular formula is C13H18N2O2. The minimum atomic E-state index is 0.0770. The van der Waals surface area contributed by atoms with Crippen molar-refractivity contribution in [1.29, 1.82) is 0 Å². The Morgan fingerprint density at radius 3 is 2.94 bits per heavy atom. The van der Waals surface area contributed by atoms with E-state index in [0.29, 0.717) is 0 Å². The van der Waals surface area contributed by atoms with Gasteiger partial charge in [0.05, 0.1) is 6.04 Å². The summed E-state index contributed by atoms with van der Waals surface area (Å²) in [5, 5.41) is 4.02. The van der Waals surface area contributed by atoms with Crippen LogP contribution in [0.3, 0.4) is 0 Å². The minimum Gasteiger partial charge on any atom is -0.361 e. The summed E-state index contributed by atoms with van der Waals surface area (Å²) >= 11 is 0. The van der Waals surface area contributed by atoms with E-state index in [0.717, 1.165) is 36.4 Å². The topological polar surface area (TPSA) is 46.3 Å². The predicted octanol–water partition coefficient (Wildman–Crippen LogP) is 2.61. The molecule has 2 heterocycles. The van der Waals surface area contributed by atoms with Crippen molar-refractivity contribution in [3.8, 4) is 0 Å². The molecule has 0 spiro atoms. The van der Waals surface area contributed by atoms with Crippen molar-refractivity contribution in [3.05, 3.63) is 29.2 Å². The monoisotopic (exact) mass is 234 g/mol. The quantitative estimate of drug-likeness (QED) is 0.739. The average molecular weight is 234 g/mol. The summed E-state index contributed by atoms with van der Waals surface area (Å²) in [5.41, 5.74) is 1.90. The highest BCUT2D eigenvalue weighted by Gasteiger charge is 2.30. The maximum atomic E-state index is 12.0. The normalized spacial score (nSPS) is 19.5. The first-order valence-corrected chi connectivity index (χ1v) is 5.96. The second kappa shape index (κ2) is 4.73. The number of aromatic nitrogens is 1. The van der Waals surface area contributed by atoms with E-state index < -0.39 is 0 Å². The number of allylic oxidation sites excluding steroid dienone is 1. The van der Waals surface area contributed by atoms with Crippen LogP contribution in [-0.2, 0) is 4.79 Å². The van der Waals surface area contributed by atoms with Crippen molar-refractivity contribution >= 4 is 5.91 Å². The van der Waals surface area contributed by atoms with Gasteiger partial charge >= 0.3 is 0 Å². The van der Waals surface area contributed by atoms with Gasteiger partial charge in [0, 0.05) is 18.7 Å². The Bertz CT molecular complexity index is 444. The molecule has 4 heteroatoms. The van der Waals surface area contributed by atoms with Crippen LogP contribution in [-0.4, -0.2) is 22.5 Å². The molecule has 1 aromatic heterocycles. The van der Waals surface area contributed by atoms with Gasteiger partial charge in [0.2, 0.25) is 5.91 Å². The fourth-order valence-corrected chi connectivity index (χ4v) is 2.21. The maximum absolute atomic E-state index is 12.0. The Kier molecular flexibility index (Phi) is 3.31. The molecule has 0 aliphatic carbocycles. The number of likely N-dealkylation sites (tertiary alicyclic amines) is 1. The van der Waals surface area contributed by atoms with Crippen LogP contribution in [0, 0.1) is 6.92 Å². The lowest BCUT2D eigenvalue weighted by Gasteiger charge is -2.21. The van der Waals surface area contributed by atoms with Crippen molar-refractivity contribution in [2.45, 2.75) is 39.7 Å². The highest BCUT2D eigenvalue weighted by Crippen LogP contribution is 2.31. The van der Waals surface area contributed by atoms with Crippen LogP contribution in [0.15, 0.2) is 22.2 Å². The van der Waals surface area contributed by atoms with Crippen molar-refractivity contribution in [2.75, 3.05) is 6.54 Å². The van der Waals surface area contributed by atoms with Gasteiger partial charge in [-0.2, -0.15) is 0 Å². The molecule has 17 heavy (non-hydrogen) atoms. The summed E-state index contributed by atoms with van der Waals surface area (Å²) in [4.78, 5) is 13.9. The van der Waals surface area contributed by atoms with Gasteiger partial charge in [-0.3, -0.25) is 4.79 Å². The summed E-state index contributed by atoms with van der Waals surface area (Å²) in [7, 11) is 0. The van der Waals surface area contributed by atoms with Gasteiger partial charge in [0.1, 0.15) is 11.5 Å². The average Bonchev–Trinajstić information content (AvgIpc) is 2.83. The molecule has 1 aliphatic heterocycles. The molecule has 0 aromatic carbocycles. The highest BCUT2D eigenvalue weighted by atomic mass is 16.5. The Hall–Kier alpha value is -1.58. The number of rotatable bonds is 2. The van der Waals surface area contributed by atoms with Crippen molar-refractivity contribution in [1.82, 2.24) is 10.1 Å². The Balaban J connectivity index is 2.18. The lowest BCUT2D eigenvalue weighted by atomic mass is 10.1. The molecule has 0 N–H and O–H groups in total. The maximum Gasteiger partial charge on any atom is 0.247 e. The fraction of sp³-hybridized carbons (Fsp3) is 0.538. The van der Waals surface area contributed by atoms with Crippen LogP contribution < -0.4 is 0 Å². The number of carbonyl (C=O) groups excluding carboxylic acids is 1. The van der Waals surface area contributed by atoms with E-state index in [1.54, 1.807) is 6.08 Å². The third-order valence-electron chi connectivity index (χ3n) is 2.94. The van der Waals surface area contributed by atoms with Crippen LogP contribution in [0.5, 0.6) is 0 Å². The summed E-state index contributed by atoms with van der Waals surface area (Å²) in [6, 6.07) is 1.99. The molecule has 0 saturated carbocycles. The standard InChI is InChI=1S/C13H18N2O2/c1-9(2)7-13(16)15-6-4-5-12(15)11-8-10(3)17-14-11/h7-8,12H,4-6H2,1-3H3. The van der Waals surface area contributed by atoms with E-state index in [4.69, 9.17) is 4.52 Å². The lowest BCUT2D eigenvalue weighted by molar-refractivity contribution is -0.127. The van der Waals surface area contributed by atoms with E-state index in [1.165, 1.54) is 0 Å². The van der Waals surface area contributed by atoms with Crippen molar-refractivity contribution < 1.29 is 9.32 Å². The second-order valence-corrected chi connectivity index (χ2v) is 4.77. The fourth-order valence-electron chi connectivity index (χ4n) is 2.21. The molecule has 1 unspecified atom stereocenters. The Morgan fingerprint density at radius 1 is 1.59 bits per heavy atom. The Morgan fingerprint density at radius 2 is 2.35 bits per heavy atom. The third-order valence-corrected chi connectivity index (χ3v) is 2.94. The van der Waals surface area contributed by atoms with Crippen LogP contribution in [0.1, 0.15) is 44.2 Å². The Labute approximate surface area is 101 Å². The molecule has 2 rings (SSSR count). The number of nitrogens with zero attached hydrogens (tertiary/aromatic N) is 2. The van der Waals surface area contributed by atoms with E-state index in [-0.39, 0.29) is 11.9 Å². The van der Waals surface area contributed by atoms with Gasteiger partial charge in [-0.25, -0.2) is 0 Å². The van der Waals surface area contributed by atoms with Crippen LogP contribution in [0.2, 0.25) is 0 Å². The van der Waals surface area contributed by atoms with Crippen LogP contribution >= 0.6 is 0 Å². The van der Waals surface area contributed by atoms with E-state index in [2.05, 4.69) is 5.16 Å². The molecule has 1 saturated heterocycles. The minimum absolute atomic E-state index is 0.0770. The van der Waals surface area contributed by atoms with Gasteiger partial charge < -0.3 is 9.42 Å². The summed E-state index contributed by atoms with van der Waals surface area (Å²) in [6.45, 7) is 6.54. The molecule has 92 valence electrons. The molecule has 1 aromatic rings. The first-order valence-electron chi connectivity index (χ1n) is 5.96. The SMILES string of the molecule is CC(C)=CC(=O)N1CCCC1c1cc(C)on1. The first kappa shape index (κ1) is 11.9. The van der Waals surface area contributed by atoms with Gasteiger partial charge in [0.25, 0.3) is 0 Å². The van der Waals surface area contributed by atoms with Gasteiger partial charge in [0.15, 0.2) is 0 Å². The largest absolute Gasteiger partial charge is 0.361 e. The zero-order valence-corrected chi connectivity index (χ0v) is 10.6. The van der Waals surface area contributed by atoms with Crippen LogP contribution in [0.25, 0.3) is 0 Å². The predicted molar refractivity (Wildman–Crippen MR) is 64.4 cm³/mol. The highest BCUT2D eigenvalue weighted by molar-refractivity contribution is 5.88. The second-order valence-electron chi connectivity index (χ2n) is 4.77. The number of carbonyl (C=O) groups is 1. The zero-order valence-electron chi connectivity index (χ0n) is 10.6. The van der Waals surface area contributed by atoms with Crippen LogP contribution in [0.4, 0.5) is 0 Å². The molecule has 0 radical (unpaired) electrons. The molecule has 1 atom stereocenters. The molecule has 1 aliphatic rings. The molecule has 1 amide bonds. The third kappa shape index (κ3) is 2.57. The van der Waals surface area contributed by atoms with Gasteiger partial charge in [-0.05, 0) is 33.6 Å². The lowest BCUT2D eigenvalue weighted by Crippen LogP contribution is -2.29. The summed E-state index contributed by atoms with van der Waals surface area (Å²) < 4.78 is 5.08. The van der Waals surface area contributed by atoms with Gasteiger partial charge in [-0.1, -0.05) is 10.7 Å². The number of hydrogen-bond acceptors (Lipinski definition) is 3. The van der Waals surface area contributed by atoms with E-state index >= 15 is 0 Å². The van der Waals surface area contributed by atoms with E-state index in [9.17, 15) is 4.79 Å². The van der Waals surface area contributed by atoms with E-state index in [1.807, 2.05) is 31.7 Å². The first-order chi connectivity index (χ1) is 8.08. The summed E-state index contributed by atoms with van der Waals surface area (Å²) in [6.07, 6.45) is 3.68. The van der Waals surface area contributed by atoms with Crippen molar-refractivity contribution in [2.24, 2.45) is 0 Å². The van der Waals surface area contributed by atoms with Crippen molar-refractivity contribution in [3.63, 3.8) is 0 Å². The zero-order chi connectivity index (χ0) is 12.4. The molecule has 0 bridgehead atoms. The number of hydrogen-bond donors (Lipinski definition) is 0. The molecule has 4 nitrogen and oxygen atoms in total. The number of amides is 1. The van der Waals surface area contributed by atoms with Gasteiger partial charge in [-0.15, -0.1) is 0 Å². The summed E-state index contributed by atoms with van der Waals surface area (Å²) in [5.74, 6) is 0.870.